The van der Waals surface area contributed by atoms with Crippen molar-refractivity contribution in [3.8, 4) is 11.4 Å². The lowest BCUT2D eigenvalue weighted by atomic mass is 10.1. The zero-order valence-corrected chi connectivity index (χ0v) is 13.2. The highest BCUT2D eigenvalue weighted by atomic mass is 16.5. The van der Waals surface area contributed by atoms with Crippen molar-refractivity contribution in [3.05, 3.63) is 36.2 Å². The molecule has 0 atom stereocenters. The van der Waals surface area contributed by atoms with Gasteiger partial charge in [0.2, 0.25) is 5.82 Å². The van der Waals surface area contributed by atoms with Gasteiger partial charge < -0.3 is 14.7 Å². The molecule has 1 fully saturated rings. The minimum Gasteiger partial charge on any atom is -0.348 e. The summed E-state index contributed by atoms with van der Waals surface area (Å²) in [6, 6.07) is 9.47. The first-order valence-corrected chi connectivity index (χ1v) is 8.22. The van der Waals surface area contributed by atoms with Crippen LogP contribution in [0.3, 0.4) is 0 Å². The predicted octanol–water partition coefficient (Wildman–Crippen LogP) is 2.34. The molecule has 1 aromatic heterocycles. The van der Waals surface area contributed by atoms with E-state index < -0.39 is 0 Å². The van der Waals surface area contributed by atoms with Gasteiger partial charge in [-0.15, -0.1) is 0 Å². The highest BCUT2D eigenvalue weighted by Gasteiger charge is 2.16. The van der Waals surface area contributed by atoms with Gasteiger partial charge in [-0.05, 0) is 38.9 Å². The maximum Gasteiger partial charge on any atom is 0.316 e. The van der Waals surface area contributed by atoms with Crippen molar-refractivity contribution in [2.75, 3.05) is 26.2 Å². The Bertz CT molecular complexity index is 621. The van der Waals surface area contributed by atoms with E-state index >= 15 is 0 Å². The summed E-state index contributed by atoms with van der Waals surface area (Å²) in [5.41, 5.74) is 0.834. The van der Waals surface area contributed by atoms with Gasteiger partial charge in [-0.3, -0.25) is 4.79 Å². The Morgan fingerprint density at radius 1 is 1.17 bits per heavy atom. The zero-order chi connectivity index (χ0) is 15.9. The van der Waals surface area contributed by atoms with Crippen molar-refractivity contribution in [1.29, 1.82) is 0 Å². The molecule has 1 N–H and O–H groups in total. The van der Waals surface area contributed by atoms with Gasteiger partial charge >= 0.3 is 11.8 Å². The smallest absolute Gasteiger partial charge is 0.316 e. The minimum atomic E-state index is -0.307. The number of hydrogen-bond donors (Lipinski definition) is 1. The predicted molar refractivity (Wildman–Crippen MR) is 87.0 cm³/mol. The Morgan fingerprint density at radius 2 is 1.96 bits per heavy atom. The summed E-state index contributed by atoms with van der Waals surface area (Å²) < 4.78 is 5.04. The maximum absolute atomic E-state index is 12.0. The van der Waals surface area contributed by atoms with E-state index in [1.807, 2.05) is 30.3 Å². The van der Waals surface area contributed by atoms with Crippen LogP contribution >= 0.6 is 0 Å². The van der Waals surface area contributed by atoms with Crippen LogP contribution in [0.5, 0.6) is 0 Å². The average molecular weight is 314 g/mol. The largest absolute Gasteiger partial charge is 0.348 e. The molecule has 3 rings (SSSR count). The molecule has 6 heteroatoms. The van der Waals surface area contributed by atoms with E-state index in [9.17, 15) is 4.79 Å². The Morgan fingerprint density at radius 3 is 2.74 bits per heavy atom. The van der Waals surface area contributed by atoms with E-state index in [2.05, 4.69) is 20.4 Å². The van der Waals surface area contributed by atoms with Gasteiger partial charge in [0.1, 0.15) is 0 Å². The van der Waals surface area contributed by atoms with Crippen molar-refractivity contribution in [3.63, 3.8) is 0 Å². The molecule has 1 saturated heterocycles. The van der Waals surface area contributed by atoms with Gasteiger partial charge in [-0.25, -0.2) is 0 Å². The lowest BCUT2D eigenvalue weighted by Gasteiger charge is -2.26. The molecule has 2 heterocycles. The fraction of sp³-hybridized carbons (Fsp3) is 0.471. The van der Waals surface area contributed by atoms with E-state index in [4.69, 9.17) is 4.52 Å². The monoisotopic (exact) mass is 314 g/mol. The van der Waals surface area contributed by atoms with E-state index in [1.54, 1.807) is 0 Å². The number of likely N-dealkylation sites (tertiary alicyclic amines) is 1. The summed E-state index contributed by atoms with van der Waals surface area (Å²) in [7, 11) is 0. The quantitative estimate of drug-likeness (QED) is 0.829. The molecule has 0 saturated carbocycles. The highest BCUT2D eigenvalue weighted by molar-refractivity contribution is 5.89. The minimum absolute atomic E-state index is 0.0156. The standard InChI is InChI=1S/C17H22N4O2/c22-16(18-10-7-13-21-11-5-2-6-12-21)17-19-15(20-23-17)14-8-3-1-4-9-14/h1,3-4,8-9H,2,5-7,10-13H2,(H,18,22). The molecule has 2 aromatic rings. The SMILES string of the molecule is O=C(NCCCN1CCCCC1)c1nc(-c2ccccc2)no1. The lowest BCUT2D eigenvalue weighted by Crippen LogP contribution is -2.33. The summed E-state index contributed by atoms with van der Waals surface area (Å²) in [6.45, 7) is 4.01. The highest BCUT2D eigenvalue weighted by Crippen LogP contribution is 2.14. The Labute approximate surface area is 135 Å². The molecular weight excluding hydrogens is 292 g/mol. The molecule has 1 amide bonds. The third kappa shape index (κ3) is 4.39. The van der Waals surface area contributed by atoms with E-state index in [0.717, 1.165) is 18.5 Å². The van der Waals surface area contributed by atoms with E-state index in [-0.39, 0.29) is 11.8 Å². The van der Waals surface area contributed by atoms with Gasteiger partial charge in [-0.1, -0.05) is 41.9 Å². The van der Waals surface area contributed by atoms with Gasteiger partial charge in [0.15, 0.2) is 0 Å². The number of hydrogen-bond acceptors (Lipinski definition) is 5. The maximum atomic E-state index is 12.0. The number of amides is 1. The van der Waals surface area contributed by atoms with Crippen LogP contribution in [-0.4, -0.2) is 47.1 Å². The van der Waals surface area contributed by atoms with Crippen molar-refractivity contribution in [2.24, 2.45) is 0 Å². The first-order valence-electron chi connectivity index (χ1n) is 8.22. The van der Waals surface area contributed by atoms with Crippen LogP contribution in [-0.2, 0) is 0 Å². The van der Waals surface area contributed by atoms with Crippen LogP contribution in [0.2, 0.25) is 0 Å². The summed E-state index contributed by atoms with van der Waals surface area (Å²) in [6.07, 6.45) is 4.85. The third-order valence-corrected chi connectivity index (χ3v) is 4.04. The van der Waals surface area contributed by atoms with Crippen LogP contribution in [0.25, 0.3) is 11.4 Å². The zero-order valence-electron chi connectivity index (χ0n) is 13.2. The fourth-order valence-corrected chi connectivity index (χ4v) is 2.78. The molecule has 0 spiro atoms. The molecule has 1 aliphatic rings. The molecule has 0 radical (unpaired) electrons. The van der Waals surface area contributed by atoms with Gasteiger partial charge in [-0.2, -0.15) is 4.98 Å². The number of nitrogens with one attached hydrogen (secondary N) is 1. The lowest BCUT2D eigenvalue weighted by molar-refractivity contribution is 0.0907. The number of rotatable bonds is 6. The third-order valence-electron chi connectivity index (χ3n) is 4.04. The number of carbonyl (C=O) groups is 1. The molecule has 1 aliphatic heterocycles. The van der Waals surface area contributed by atoms with Gasteiger partial charge in [0.05, 0.1) is 0 Å². The molecule has 0 bridgehead atoms. The van der Waals surface area contributed by atoms with Crippen LogP contribution in [0.1, 0.15) is 36.4 Å². The van der Waals surface area contributed by atoms with Crippen LogP contribution in [0.15, 0.2) is 34.9 Å². The summed E-state index contributed by atoms with van der Waals surface area (Å²) in [5.74, 6) is 0.143. The molecule has 122 valence electrons. The number of aromatic nitrogens is 2. The van der Waals surface area contributed by atoms with E-state index in [0.29, 0.717) is 12.4 Å². The Hall–Kier alpha value is -2.21. The van der Waals surface area contributed by atoms with Crippen molar-refractivity contribution in [2.45, 2.75) is 25.7 Å². The normalized spacial score (nSPS) is 15.5. The number of benzene rings is 1. The van der Waals surface area contributed by atoms with E-state index in [1.165, 1.54) is 32.4 Å². The second-order valence-electron chi connectivity index (χ2n) is 5.80. The Kier molecular flexibility index (Phi) is 5.37. The first kappa shape index (κ1) is 15.7. The van der Waals surface area contributed by atoms with Gasteiger partial charge in [0, 0.05) is 12.1 Å². The molecule has 6 nitrogen and oxygen atoms in total. The second kappa shape index (κ2) is 7.87. The van der Waals surface area contributed by atoms with Crippen molar-refractivity contribution < 1.29 is 9.32 Å². The summed E-state index contributed by atoms with van der Waals surface area (Å²) in [4.78, 5) is 18.6. The van der Waals surface area contributed by atoms with Crippen LogP contribution in [0, 0.1) is 0 Å². The van der Waals surface area contributed by atoms with Crippen LogP contribution in [0.4, 0.5) is 0 Å². The topological polar surface area (TPSA) is 71.3 Å². The molecule has 0 unspecified atom stereocenters. The summed E-state index contributed by atoms with van der Waals surface area (Å²) in [5, 5.41) is 6.70. The van der Waals surface area contributed by atoms with Crippen molar-refractivity contribution in [1.82, 2.24) is 20.4 Å². The molecule has 0 aliphatic carbocycles. The number of nitrogens with zero attached hydrogens (tertiary/aromatic N) is 3. The fourth-order valence-electron chi connectivity index (χ4n) is 2.78. The Balaban J connectivity index is 1.44. The van der Waals surface area contributed by atoms with Crippen molar-refractivity contribution >= 4 is 5.91 Å². The average Bonchev–Trinajstić information content (AvgIpc) is 3.10. The van der Waals surface area contributed by atoms with Gasteiger partial charge in [0.25, 0.3) is 0 Å². The molecule has 23 heavy (non-hydrogen) atoms. The molecular formula is C17H22N4O2. The number of carbonyl (C=O) groups excluding carboxylic acids is 1. The molecule has 1 aromatic carbocycles. The summed E-state index contributed by atoms with van der Waals surface area (Å²) >= 11 is 0. The number of piperidine rings is 1. The second-order valence-corrected chi connectivity index (χ2v) is 5.80. The van der Waals surface area contributed by atoms with Crippen LogP contribution < -0.4 is 5.32 Å². The first-order chi connectivity index (χ1) is 11.3.